The lowest BCUT2D eigenvalue weighted by Gasteiger charge is -2.20. The van der Waals surface area contributed by atoms with E-state index in [0.717, 1.165) is 41.0 Å². The Morgan fingerprint density at radius 1 is 0.919 bits per heavy atom. The number of nitrogens with one attached hydrogen (secondary N) is 1. The summed E-state index contributed by atoms with van der Waals surface area (Å²) >= 11 is 6.80. The Bertz CT molecular complexity index is 1180. The number of aryl methyl sites for hydroxylation is 1. The number of halogens is 1. The van der Waals surface area contributed by atoms with Crippen LogP contribution < -0.4 is 24.3 Å². The van der Waals surface area contributed by atoms with Crippen molar-refractivity contribution < 1.29 is 23.7 Å². The molecule has 0 atom stereocenters. The van der Waals surface area contributed by atoms with Gasteiger partial charge < -0.3 is 24.3 Å². The normalized spacial score (nSPS) is 10.5. The maximum absolute atomic E-state index is 12.9. The number of hydrogen-bond acceptors (Lipinski definition) is 5. The van der Waals surface area contributed by atoms with Crippen LogP contribution in [0.4, 0.5) is 0 Å². The number of carbonyl (C=O) groups is 1. The number of ether oxygens (including phenoxy) is 4. The van der Waals surface area contributed by atoms with Crippen molar-refractivity contribution in [3.63, 3.8) is 0 Å². The molecule has 1 amide bonds. The van der Waals surface area contributed by atoms with E-state index < -0.39 is 0 Å². The standard InChI is InChI=1S/C30H34ClNO5/c1-5-7-8-23-18-26(30(33)32-17-6-2)27(31)29(37-20-22-11-15-25(35-4)16-12-22)28(23)36-19-21-9-13-24(34-3)14-10-21/h6,9-16,18H,2,5,7-8,17,19-20H2,1,3-4H3,(H,32,33). The van der Waals surface area contributed by atoms with Crippen molar-refractivity contribution >= 4 is 17.5 Å². The first kappa shape index (κ1) is 27.9. The third-order valence-electron chi connectivity index (χ3n) is 5.79. The number of unbranched alkanes of at least 4 members (excludes halogenated alkanes) is 1. The quantitative estimate of drug-likeness (QED) is 0.236. The summed E-state index contributed by atoms with van der Waals surface area (Å²) in [7, 11) is 3.26. The van der Waals surface area contributed by atoms with Crippen LogP contribution in [0.25, 0.3) is 0 Å². The number of hydrogen-bond donors (Lipinski definition) is 1. The molecule has 0 aliphatic heterocycles. The van der Waals surface area contributed by atoms with Crippen molar-refractivity contribution in [3.8, 4) is 23.0 Å². The molecule has 0 fully saturated rings. The molecule has 3 aromatic rings. The highest BCUT2D eigenvalue weighted by Gasteiger charge is 2.23. The van der Waals surface area contributed by atoms with E-state index in [4.69, 9.17) is 30.5 Å². The minimum Gasteiger partial charge on any atom is -0.497 e. The highest BCUT2D eigenvalue weighted by molar-refractivity contribution is 6.35. The van der Waals surface area contributed by atoms with Gasteiger partial charge >= 0.3 is 0 Å². The molecule has 1 N–H and O–H groups in total. The maximum Gasteiger partial charge on any atom is 0.253 e. The van der Waals surface area contributed by atoms with Gasteiger partial charge in [-0.25, -0.2) is 0 Å². The Morgan fingerprint density at radius 3 is 1.95 bits per heavy atom. The molecule has 0 bridgehead atoms. The Hall–Kier alpha value is -3.64. The second kappa shape index (κ2) is 14.2. The largest absolute Gasteiger partial charge is 0.497 e. The molecule has 7 heteroatoms. The lowest BCUT2D eigenvalue weighted by atomic mass is 10.0. The molecule has 196 valence electrons. The van der Waals surface area contributed by atoms with Crippen LogP contribution >= 0.6 is 11.6 Å². The van der Waals surface area contributed by atoms with E-state index in [2.05, 4.69) is 18.8 Å². The third kappa shape index (κ3) is 7.67. The number of methoxy groups -OCH3 is 2. The number of benzene rings is 3. The number of carbonyl (C=O) groups excluding carboxylic acids is 1. The van der Waals surface area contributed by atoms with Crippen molar-refractivity contribution in [3.05, 3.63) is 94.5 Å². The van der Waals surface area contributed by atoms with Crippen LogP contribution in [0.15, 0.2) is 67.3 Å². The van der Waals surface area contributed by atoms with Crippen LogP contribution in [0, 0.1) is 0 Å². The maximum atomic E-state index is 12.9. The van der Waals surface area contributed by atoms with Crippen LogP contribution in [-0.2, 0) is 19.6 Å². The zero-order valence-electron chi connectivity index (χ0n) is 21.6. The van der Waals surface area contributed by atoms with E-state index in [1.165, 1.54) is 0 Å². The molecule has 37 heavy (non-hydrogen) atoms. The van der Waals surface area contributed by atoms with Gasteiger partial charge in [0.25, 0.3) is 5.91 Å². The molecule has 0 saturated carbocycles. The molecule has 0 spiro atoms. The predicted octanol–water partition coefficient (Wildman–Crippen LogP) is 6.77. The Kier molecular flexibility index (Phi) is 10.7. The highest BCUT2D eigenvalue weighted by Crippen LogP contribution is 2.42. The SMILES string of the molecule is C=CCNC(=O)c1cc(CCCC)c(OCc2ccc(OC)cc2)c(OCc2ccc(OC)cc2)c1Cl. The molecular weight excluding hydrogens is 490 g/mol. The zero-order valence-corrected chi connectivity index (χ0v) is 22.4. The molecule has 0 unspecified atom stereocenters. The van der Waals surface area contributed by atoms with E-state index >= 15 is 0 Å². The number of amides is 1. The molecule has 0 saturated heterocycles. The first-order valence-corrected chi connectivity index (χ1v) is 12.6. The summed E-state index contributed by atoms with van der Waals surface area (Å²) in [5.41, 5.74) is 3.10. The monoisotopic (exact) mass is 523 g/mol. The van der Waals surface area contributed by atoms with Gasteiger partial charge in [-0.05, 0) is 59.9 Å². The van der Waals surface area contributed by atoms with Crippen LogP contribution in [0.3, 0.4) is 0 Å². The van der Waals surface area contributed by atoms with Gasteiger partial charge in [-0.2, -0.15) is 0 Å². The van der Waals surface area contributed by atoms with E-state index in [1.54, 1.807) is 26.4 Å². The second-order valence-electron chi connectivity index (χ2n) is 8.43. The molecule has 0 aliphatic rings. The smallest absolute Gasteiger partial charge is 0.253 e. The fourth-order valence-electron chi connectivity index (χ4n) is 3.69. The first-order chi connectivity index (χ1) is 18.0. The van der Waals surface area contributed by atoms with Crippen molar-refractivity contribution in [2.24, 2.45) is 0 Å². The minimum atomic E-state index is -0.293. The van der Waals surface area contributed by atoms with Crippen LogP contribution in [0.5, 0.6) is 23.0 Å². The fourth-order valence-corrected chi connectivity index (χ4v) is 3.97. The third-order valence-corrected chi connectivity index (χ3v) is 6.16. The van der Waals surface area contributed by atoms with Gasteiger partial charge in [0.2, 0.25) is 0 Å². The van der Waals surface area contributed by atoms with Gasteiger partial charge in [0, 0.05) is 6.54 Å². The Balaban J connectivity index is 1.99. The molecule has 0 aliphatic carbocycles. The summed E-state index contributed by atoms with van der Waals surface area (Å²) in [6, 6.07) is 17.0. The van der Waals surface area contributed by atoms with E-state index in [9.17, 15) is 4.79 Å². The molecule has 0 radical (unpaired) electrons. The van der Waals surface area contributed by atoms with Crippen molar-refractivity contribution in [1.29, 1.82) is 0 Å². The lowest BCUT2D eigenvalue weighted by Crippen LogP contribution is -2.24. The van der Waals surface area contributed by atoms with E-state index in [1.807, 2.05) is 48.5 Å². The molecule has 0 heterocycles. The highest BCUT2D eigenvalue weighted by atomic mass is 35.5. The number of rotatable bonds is 14. The topological polar surface area (TPSA) is 66.0 Å². The first-order valence-electron chi connectivity index (χ1n) is 12.3. The summed E-state index contributed by atoms with van der Waals surface area (Å²) in [6.07, 6.45) is 4.25. The molecule has 0 aromatic heterocycles. The van der Waals surface area contributed by atoms with Crippen LogP contribution in [-0.4, -0.2) is 26.7 Å². The molecule has 3 aromatic carbocycles. The van der Waals surface area contributed by atoms with Crippen molar-refractivity contribution in [1.82, 2.24) is 5.32 Å². The zero-order chi connectivity index (χ0) is 26.6. The lowest BCUT2D eigenvalue weighted by molar-refractivity contribution is 0.0957. The van der Waals surface area contributed by atoms with Crippen molar-refractivity contribution in [2.75, 3.05) is 20.8 Å². The molecule has 3 rings (SSSR count). The molecule has 6 nitrogen and oxygen atoms in total. The average molecular weight is 524 g/mol. The van der Waals surface area contributed by atoms with E-state index in [0.29, 0.717) is 36.6 Å². The van der Waals surface area contributed by atoms with E-state index in [-0.39, 0.29) is 17.5 Å². The summed E-state index contributed by atoms with van der Waals surface area (Å²) in [6.45, 7) is 6.67. The average Bonchev–Trinajstić information content (AvgIpc) is 2.94. The Labute approximate surface area is 224 Å². The van der Waals surface area contributed by atoms with Gasteiger partial charge in [0.15, 0.2) is 11.5 Å². The predicted molar refractivity (Wildman–Crippen MR) is 147 cm³/mol. The fraction of sp³-hybridized carbons (Fsp3) is 0.300. The van der Waals surface area contributed by atoms with Gasteiger partial charge in [-0.15, -0.1) is 6.58 Å². The van der Waals surface area contributed by atoms with Crippen molar-refractivity contribution in [2.45, 2.75) is 39.4 Å². The summed E-state index contributed by atoms with van der Waals surface area (Å²) < 4.78 is 23.1. The van der Waals surface area contributed by atoms with Gasteiger partial charge in [0.1, 0.15) is 24.7 Å². The Morgan fingerprint density at radius 2 is 1.46 bits per heavy atom. The second-order valence-corrected chi connectivity index (χ2v) is 8.81. The summed E-state index contributed by atoms with van der Waals surface area (Å²) in [5.74, 6) is 2.13. The minimum absolute atomic E-state index is 0.208. The van der Waals surface area contributed by atoms with Gasteiger partial charge in [0.05, 0.1) is 24.8 Å². The van der Waals surface area contributed by atoms with Crippen LogP contribution in [0.1, 0.15) is 46.8 Å². The van der Waals surface area contributed by atoms with Crippen LogP contribution in [0.2, 0.25) is 5.02 Å². The molecular formula is C30H34ClNO5. The summed E-state index contributed by atoms with van der Waals surface area (Å²) in [5, 5.41) is 3.02. The summed E-state index contributed by atoms with van der Waals surface area (Å²) in [4.78, 5) is 12.9. The van der Waals surface area contributed by atoms with Gasteiger partial charge in [-0.1, -0.05) is 55.3 Å². The van der Waals surface area contributed by atoms with Gasteiger partial charge in [-0.3, -0.25) is 4.79 Å².